The van der Waals surface area contributed by atoms with E-state index in [4.69, 9.17) is 20.2 Å². The molecule has 2 aliphatic carbocycles. The minimum absolute atomic E-state index is 0.0186. The molecule has 1 saturated heterocycles. The number of rotatable bonds is 4. The van der Waals surface area contributed by atoms with Gasteiger partial charge < -0.3 is 19.8 Å². The molecule has 6 rings (SSSR count). The summed E-state index contributed by atoms with van der Waals surface area (Å²) in [5.41, 5.74) is 3.82. The van der Waals surface area contributed by atoms with Crippen LogP contribution < -0.4 is 4.90 Å². The SMILES string of the molecule is N#Cc1ccc(N2CCN([C@H]3C[C@@H]4C[C@@]5(C[C@@H]4C3)OCc3ccccc35)CC2)cc1F.O=C(O)/C=C\C(=O)O. The molecule has 2 saturated carbocycles. The molecular formula is C30H32FN3O5. The van der Waals surface area contributed by atoms with Crippen LogP contribution in [0.3, 0.4) is 0 Å². The van der Waals surface area contributed by atoms with Gasteiger partial charge in [0.05, 0.1) is 17.8 Å². The van der Waals surface area contributed by atoms with Crippen molar-refractivity contribution in [1.29, 1.82) is 5.26 Å². The molecule has 2 heterocycles. The Kier molecular flexibility index (Phi) is 7.69. The summed E-state index contributed by atoms with van der Waals surface area (Å²) in [6, 6.07) is 16.3. The first kappa shape index (κ1) is 26.9. The number of ether oxygens (including phenoxy) is 1. The maximum Gasteiger partial charge on any atom is 0.328 e. The molecule has 0 aromatic heterocycles. The number of anilines is 1. The standard InChI is InChI=1S/C26H28FN3O.C4H4O4/c27-25-13-22(6-5-18(25)16-28)29-7-9-30(10-8-29)23-11-20-14-26(15-21(20)12-23)24-4-2-1-3-19(24)17-31-26;5-3(6)1-2-4(7)8/h1-6,13,20-21,23H,7-12,14-15,17H2;1-2H,(H,5,6)(H,7,8)/b;2-1-/t20-,21+,23+,26+;. The van der Waals surface area contributed by atoms with Crippen molar-refractivity contribution in [2.75, 3.05) is 31.1 Å². The zero-order valence-electron chi connectivity index (χ0n) is 21.6. The number of benzene rings is 2. The maximum absolute atomic E-state index is 14.0. The highest BCUT2D eigenvalue weighted by Crippen LogP contribution is 2.58. The lowest BCUT2D eigenvalue weighted by Crippen LogP contribution is -2.50. The number of fused-ring (bicyclic) bond motifs is 3. The molecule has 0 radical (unpaired) electrons. The Balaban J connectivity index is 0.000000339. The molecule has 0 bridgehead atoms. The summed E-state index contributed by atoms with van der Waals surface area (Å²) in [5, 5.41) is 24.6. The van der Waals surface area contributed by atoms with Crippen molar-refractivity contribution in [3.05, 3.63) is 77.1 Å². The quantitative estimate of drug-likeness (QED) is 0.564. The molecule has 2 aliphatic heterocycles. The van der Waals surface area contributed by atoms with E-state index in [0.717, 1.165) is 50.3 Å². The van der Waals surface area contributed by atoms with Gasteiger partial charge in [-0.15, -0.1) is 0 Å². The lowest BCUT2D eigenvalue weighted by Gasteiger charge is -2.39. The molecule has 2 aromatic carbocycles. The zero-order valence-corrected chi connectivity index (χ0v) is 21.6. The molecule has 204 valence electrons. The molecule has 2 N–H and O–H groups in total. The topological polar surface area (TPSA) is 114 Å². The second-order valence-corrected chi connectivity index (χ2v) is 10.8. The highest BCUT2D eigenvalue weighted by Gasteiger charge is 2.54. The summed E-state index contributed by atoms with van der Waals surface area (Å²) < 4.78 is 20.4. The van der Waals surface area contributed by atoms with Gasteiger partial charge in [0.1, 0.15) is 11.9 Å². The fourth-order valence-electron chi connectivity index (χ4n) is 6.91. The van der Waals surface area contributed by atoms with E-state index in [2.05, 4.69) is 34.1 Å². The van der Waals surface area contributed by atoms with E-state index in [1.165, 1.54) is 42.9 Å². The number of hydrogen-bond acceptors (Lipinski definition) is 6. The van der Waals surface area contributed by atoms with Crippen molar-refractivity contribution in [2.45, 2.75) is 43.9 Å². The van der Waals surface area contributed by atoms with Crippen molar-refractivity contribution < 1.29 is 28.9 Å². The summed E-state index contributed by atoms with van der Waals surface area (Å²) in [7, 11) is 0. The first-order valence-electron chi connectivity index (χ1n) is 13.3. The molecule has 0 amide bonds. The predicted molar refractivity (Wildman–Crippen MR) is 141 cm³/mol. The summed E-state index contributed by atoms with van der Waals surface area (Å²) >= 11 is 0. The first-order chi connectivity index (χ1) is 18.8. The van der Waals surface area contributed by atoms with Gasteiger partial charge in [0, 0.05) is 50.1 Å². The van der Waals surface area contributed by atoms with Gasteiger partial charge in [-0.25, -0.2) is 14.0 Å². The number of nitrogens with zero attached hydrogens (tertiary/aromatic N) is 3. The lowest BCUT2D eigenvalue weighted by atomic mass is 9.88. The van der Waals surface area contributed by atoms with Crippen LogP contribution in [0.15, 0.2) is 54.6 Å². The first-order valence-corrected chi connectivity index (χ1v) is 13.3. The smallest absolute Gasteiger partial charge is 0.328 e. The van der Waals surface area contributed by atoms with E-state index in [1.807, 2.05) is 12.1 Å². The Morgan fingerprint density at radius 3 is 2.23 bits per heavy atom. The van der Waals surface area contributed by atoms with E-state index in [9.17, 15) is 14.0 Å². The van der Waals surface area contributed by atoms with Gasteiger partial charge in [-0.2, -0.15) is 5.26 Å². The summed E-state index contributed by atoms with van der Waals surface area (Å²) in [6.07, 6.45) is 6.03. The number of aliphatic carboxylic acids is 2. The molecular weight excluding hydrogens is 501 g/mol. The van der Waals surface area contributed by atoms with Crippen LogP contribution in [-0.2, 0) is 26.5 Å². The lowest BCUT2D eigenvalue weighted by molar-refractivity contribution is -0.134. The van der Waals surface area contributed by atoms with Crippen LogP contribution in [0.25, 0.3) is 0 Å². The van der Waals surface area contributed by atoms with Crippen molar-refractivity contribution in [3.8, 4) is 6.07 Å². The van der Waals surface area contributed by atoms with Gasteiger partial charge >= 0.3 is 11.9 Å². The summed E-state index contributed by atoms with van der Waals surface area (Å²) in [6.45, 7) is 4.65. The molecule has 1 spiro atoms. The number of piperazine rings is 1. The van der Waals surface area contributed by atoms with Crippen LogP contribution in [-0.4, -0.2) is 59.3 Å². The van der Waals surface area contributed by atoms with Gasteiger partial charge in [0.25, 0.3) is 0 Å². The van der Waals surface area contributed by atoms with E-state index < -0.39 is 17.8 Å². The summed E-state index contributed by atoms with van der Waals surface area (Å²) in [4.78, 5) is 24.0. The number of carboxylic acid groups (broad SMARTS) is 2. The molecule has 3 fully saturated rings. The monoisotopic (exact) mass is 533 g/mol. The van der Waals surface area contributed by atoms with Crippen LogP contribution in [0.4, 0.5) is 10.1 Å². The molecule has 4 aliphatic rings. The molecule has 39 heavy (non-hydrogen) atoms. The van der Waals surface area contributed by atoms with Crippen LogP contribution in [0.1, 0.15) is 42.4 Å². The average molecular weight is 534 g/mol. The molecule has 8 nitrogen and oxygen atoms in total. The second kappa shape index (κ2) is 11.2. The van der Waals surface area contributed by atoms with Crippen molar-refractivity contribution in [2.24, 2.45) is 11.8 Å². The Labute approximate surface area is 226 Å². The van der Waals surface area contributed by atoms with E-state index in [1.54, 1.807) is 6.07 Å². The van der Waals surface area contributed by atoms with Crippen LogP contribution in [0.2, 0.25) is 0 Å². The zero-order chi connectivity index (χ0) is 27.6. The van der Waals surface area contributed by atoms with Crippen molar-refractivity contribution in [3.63, 3.8) is 0 Å². The number of nitriles is 1. The van der Waals surface area contributed by atoms with Crippen molar-refractivity contribution >= 4 is 17.6 Å². The van der Waals surface area contributed by atoms with Gasteiger partial charge in [0.2, 0.25) is 0 Å². The third-order valence-corrected chi connectivity index (χ3v) is 8.65. The van der Waals surface area contributed by atoms with Gasteiger partial charge in [-0.3, -0.25) is 4.90 Å². The Bertz CT molecular complexity index is 1280. The normalized spacial score (nSPS) is 27.6. The Hall–Kier alpha value is -3.74. The van der Waals surface area contributed by atoms with Crippen molar-refractivity contribution in [1.82, 2.24) is 4.90 Å². The molecule has 4 atom stereocenters. The number of hydrogen-bond donors (Lipinski definition) is 2. The molecule has 2 aromatic rings. The fraction of sp³-hybridized carbons (Fsp3) is 0.433. The minimum Gasteiger partial charge on any atom is -0.478 e. The second-order valence-electron chi connectivity index (χ2n) is 10.8. The summed E-state index contributed by atoms with van der Waals surface area (Å²) in [5.74, 6) is -1.40. The van der Waals surface area contributed by atoms with E-state index >= 15 is 0 Å². The third kappa shape index (κ3) is 5.68. The number of halogens is 1. The Morgan fingerprint density at radius 2 is 1.64 bits per heavy atom. The highest BCUT2D eigenvalue weighted by atomic mass is 19.1. The van der Waals surface area contributed by atoms with E-state index in [0.29, 0.717) is 18.2 Å². The third-order valence-electron chi connectivity index (χ3n) is 8.65. The number of carboxylic acids is 2. The van der Waals surface area contributed by atoms with E-state index in [-0.39, 0.29) is 11.2 Å². The van der Waals surface area contributed by atoms with Crippen LogP contribution in [0.5, 0.6) is 0 Å². The van der Waals surface area contributed by atoms with Crippen LogP contribution in [0, 0.1) is 29.0 Å². The minimum atomic E-state index is -1.26. The predicted octanol–water partition coefficient (Wildman–Crippen LogP) is 4.15. The van der Waals surface area contributed by atoms with Crippen LogP contribution >= 0.6 is 0 Å². The maximum atomic E-state index is 14.0. The largest absolute Gasteiger partial charge is 0.478 e. The van der Waals surface area contributed by atoms with Gasteiger partial charge in [-0.05, 0) is 66.8 Å². The average Bonchev–Trinajstić information content (AvgIpc) is 3.60. The Morgan fingerprint density at radius 1 is 1.00 bits per heavy atom. The molecule has 9 heteroatoms. The van der Waals surface area contributed by atoms with Gasteiger partial charge in [0.15, 0.2) is 0 Å². The number of carbonyl (C=O) groups is 2. The fourth-order valence-corrected chi connectivity index (χ4v) is 6.91. The van der Waals surface area contributed by atoms with Gasteiger partial charge in [-0.1, -0.05) is 24.3 Å². The highest BCUT2D eigenvalue weighted by molar-refractivity contribution is 5.89. The molecule has 0 unspecified atom stereocenters.